The molecule has 0 saturated heterocycles. The molecule has 8 heteroatoms. The van der Waals surface area contributed by atoms with E-state index in [1.54, 1.807) is 12.5 Å². The molecule has 0 aliphatic rings. The Labute approximate surface area is 144 Å². The third-order valence-corrected chi connectivity index (χ3v) is 4.37. The van der Waals surface area contributed by atoms with Crippen LogP contribution in [0.5, 0.6) is 0 Å². The molecule has 1 atom stereocenters. The number of nitrogens with zero attached hydrogens (tertiary/aromatic N) is 6. The van der Waals surface area contributed by atoms with Gasteiger partial charge in [-0.3, -0.25) is 4.40 Å². The zero-order valence-electron chi connectivity index (χ0n) is 14.0. The van der Waals surface area contributed by atoms with E-state index in [1.165, 1.54) is 0 Å². The Hall–Kier alpha value is -2.84. The molecule has 25 heavy (non-hydrogen) atoms. The summed E-state index contributed by atoms with van der Waals surface area (Å²) in [4.78, 5) is 8.92. The minimum Gasteiger partial charge on any atom is -0.330 e. The van der Waals surface area contributed by atoms with E-state index in [9.17, 15) is 0 Å². The van der Waals surface area contributed by atoms with Crippen molar-refractivity contribution in [2.75, 3.05) is 6.54 Å². The molecular weight excluding hydrogens is 316 g/mol. The van der Waals surface area contributed by atoms with Crippen LogP contribution in [0, 0.1) is 6.92 Å². The van der Waals surface area contributed by atoms with Crippen LogP contribution >= 0.6 is 0 Å². The molecule has 0 aliphatic heterocycles. The molecule has 0 fully saturated rings. The molecule has 8 nitrogen and oxygen atoms in total. The van der Waals surface area contributed by atoms with Gasteiger partial charge in [0.05, 0.1) is 23.4 Å². The van der Waals surface area contributed by atoms with Gasteiger partial charge >= 0.3 is 0 Å². The fraction of sp³-hybridized carbons (Fsp3) is 0.294. The van der Waals surface area contributed by atoms with Crippen LogP contribution in [-0.4, -0.2) is 35.7 Å². The van der Waals surface area contributed by atoms with Gasteiger partial charge in [-0.25, -0.2) is 9.97 Å². The number of aryl methyl sites for hydroxylation is 1. The van der Waals surface area contributed by atoms with E-state index in [-0.39, 0.29) is 6.04 Å². The minimum absolute atomic E-state index is 0.226. The minimum atomic E-state index is -0.226. The normalized spacial score (nSPS) is 12.9. The summed E-state index contributed by atoms with van der Waals surface area (Å²) < 4.78 is 3.95. The molecule has 0 radical (unpaired) electrons. The summed E-state index contributed by atoms with van der Waals surface area (Å²) in [5.74, 6) is 0.810. The first-order valence-corrected chi connectivity index (χ1v) is 8.28. The van der Waals surface area contributed by atoms with Crippen molar-refractivity contribution in [3.63, 3.8) is 0 Å². The van der Waals surface area contributed by atoms with Crippen molar-refractivity contribution < 1.29 is 0 Å². The van der Waals surface area contributed by atoms with Crippen molar-refractivity contribution >= 4 is 16.7 Å². The highest BCUT2D eigenvalue weighted by molar-refractivity contribution is 5.81. The molecule has 3 heterocycles. The molecule has 3 aromatic heterocycles. The molecule has 0 aliphatic carbocycles. The van der Waals surface area contributed by atoms with Gasteiger partial charge < -0.3 is 16.0 Å². The van der Waals surface area contributed by atoms with E-state index in [2.05, 4.69) is 15.2 Å². The molecule has 0 amide bonds. The van der Waals surface area contributed by atoms with Gasteiger partial charge in [0, 0.05) is 18.1 Å². The van der Waals surface area contributed by atoms with E-state index in [0.717, 1.165) is 41.1 Å². The second-order valence-electron chi connectivity index (χ2n) is 6.08. The topological polar surface area (TPSA) is 113 Å². The number of hydrogen-bond donors (Lipinski definition) is 2. The maximum Gasteiger partial charge on any atom is 0.184 e. The Morgan fingerprint density at radius 1 is 1.24 bits per heavy atom. The van der Waals surface area contributed by atoms with Crippen LogP contribution < -0.4 is 11.5 Å². The Morgan fingerprint density at radius 2 is 2.12 bits per heavy atom. The fourth-order valence-electron chi connectivity index (χ4n) is 3.08. The van der Waals surface area contributed by atoms with Gasteiger partial charge in [-0.05, 0) is 44.5 Å². The first-order chi connectivity index (χ1) is 12.2. The molecule has 0 spiro atoms. The van der Waals surface area contributed by atoms with Gasteiger partial charge in [0.1, 0.15) is 11.5 Å². The number of aromatic nitrogens is 6. The highest BCUT2D eigenvalue weighted by Gasteiger charge is 2.18. The van der Waals surface area contributed by atoms with Crippen LogP contribution in [0.1, 0.15) is 30.4 Å². The van der Waals surface area contributed by atoms with E-state index < -0.39 is 0 Å². The van der Waals surface area contributed by atoms with Crippen LogP contribution in [0.25, 0.3) is 22.4 Å². The number of hydrogen-bond acceptors (Lipinski definition) is 6. The molecule has 4 rings (SSSR count). The standard InChI is InChI=1S/C17H20N8/c1-11-22-23-17-16(13(19)3-2-6-18)21-14-9-12(24-8-7-20-10-24)4-5-15(14)25(11)17/h4-5,7-10,13H,2-3,6,18-19H2,1H3. The van der Waals surface area contributed by atoms with Crippen molar-refractivity contribution in [2.24, 2.45) is 11.5 Å². The van der Waals surface area contributed by atoms with Gasteiger partial charge in [-0.15, -0.1) is 10.2 Å². The third-order valence-electron chi connectivity index (χ3n) is 4.37. The molecule has 0 bridgehead atoms. The molecule has 1 aromatic carbocycles. The number of rotatable bonds is 5. The molecule has 0 saturated carbocycles. The zero-order valence-corrected chi connectivity index (χ0v) is 14.0. The predicted octanol–water partition coefficient (Wildman–Crippen LogP) is 1.51. The van der Waals surface area contributed by atoms with E-state index in [0.29, 0.717) is 12.2 Å². The molecular formula is C17H20N8. The van der Waals surface area contributed by atoms with E-state index in [4.69, 9.17) is 16.5 Å². The average Bonchev–Trinajstić information content (AvgIpc) is 3.29. The summed E-state index contributed by atoms with van der Waals surface area (Å²) in [6.07, 6.45) is 7.02. The Morgan fingerprint density at radius 3 is 2.88 bits per heavy atom. The van der Waals surface area contributed by atoms with Gasteiger partial charge in [-0.2, -0.15) is 0 Å². The van der Waals surface area contributed by atoms with Gasteiger partial charge in [0.25, 0.3) is 0 Å². The Bertz CT molecular complexity index is 1020. The highest BCUT2D eigenvalue weighted by Crippen LogP contribution is 2.25. The van der Waals surface area contributed by atoms with Crippen LogP contribution in [0.4, 0.5) is 0 Å². The summed E-state index contributed by atoms with van der Waals surface area (Å²) in [7, 11) is 0. The van der Waals surface area contributed by atoms with Crippen LogP contribution in [-0.2, 0) is 0 Å². The summed E-state index contributed by atoms with van der Waals surface area (Å²) in [5.41, 5.74) is 16.2. The molecule has 1 unspecified atom stereocenters. The number of fused-ring (bicyclic) bond motifs is 3. The lowest BCUT2D eigenvalue weighted by molar-refractivity contribution is 0.606. The predicted molar refractivity (Wildman–Crippen MR) is 95.4 cm³/mol. The van der Waals surface area contributed by atoms with Crippen LogP contribution in [0.2, 0.25) is 0 Å². The fourth-order valence-corrected chi connectivity index (χ4v) is 3.08. The lowest BCUT2D eigenvalue weighted by Crippen LogP contribution is -2.16. The number of benzene rings is 1. The lowest BCUT2D eigenvalue weighted by Gasteiger charge is -2.14. The van der Waals surface area contributed by atoms with Crippen molar-refractivity contribution in [2.45, 2.75) is 25.8 Å². The quantitative estimate of drug-likeness (QED) is 0.571. The summed E-state index contributed by atoms with van der Waals surface area (Å²) in [6, 6.07) is 5.85. The van der Waals surface area contributed by atoms with Crippen molar-refractivity contribution in [1.29, 1.82) is 0 Å². The van der Waals surface area contributed by atoms with Crippen molar-refractivity contribution in [1.82, 2.24) is 29.1 Å². The summed E-state index contributed by atoms with van der Waals surface area (Å²) >= 11 is 0. The largest absolute Gasteiger partial charge is 0.330 e. The smallest absolute Gasteiger partial charge is 0.184 e. The maximum atomic E-state index is 6.37. The van der Waals surface area contributed by atoms with E-state index >= 15 is 0 Å². The van der Waals surface area contributed by atoms with Gasteiger partial charge in [-0.1, -0.05) is 0 Å². The van der Waals surface area contributed by atoms with Crippen molar-refractivity contribution in [3.8, 4) is 5.69 Å². The molecule has 4 aromatic rings. The van der Waals surface area contributed by atoms with E-state index in [1.807, 2.05) is 40.3 Å². The average molecular weight is 336 g/mol. The monoisotopic (exact) mass is 336 g/mol. The summed E-state index contributed by atoms with van der Waals surface area (Å²) in [5, 5.41) is 8.51. The number of nitrogens with two attached hydrogens (primary N) is 2. The van der Waals surface area contributed by atoms with Gasteiger partial charge in [0.2, 0.25) is 0 Å². The lowest BCUT2D eigenvalue weighted by atomic mass is 10.1. The second kappa shape index (κ2) is 6.23. The first-order valence-electron chi connectivity index (χ1n) is 8.28. The van der Waals surface area contributed by atoms with Crippen LogP contribution in [0.15, 0.2) is 36.9 Å². The van der Waals surface area contributed by atoms with Crippen LogP contribution in [0.3, 0.4) is 0 Å². The number of imidazole rings is 1. The highest BCUT2D eigenvalue weighted by atomic mass is 15.3. The Kier molecular flexibility index (Phi) is 3.90. The second-order valence-corrected chi connectivity index (χ2v) is 6.08. The maximum absolute atomic E-state index is 6.37. The first kappa shape index (κ1) is 15.7. The van der Waals surface area contributed by atoms with Crippen molar-refractivity contribution in [3.05, 3.63) is 48.4 Å². The third kappa shape index (κ3) is 2.65. The summed E-state index contributed by atoms with van der Waals surface area (Å²) in [6.45, 7) is 2.53. The Balaban J connectivity index is 1.94. The van der Waals surface area contributed by atoms with Gasteiger partial charge in [0.15, 0.2) is 5.65 Å². The SMILES string of the molecule is Cc1nnc2c(C(N)CCCN)nc3cc(-n4ccnc4)ccc3n12. The zero-order chi connectivity index (χ0) is 17.4. The molecule has 4 N–H and O–H groups in total. The molecule has 128 valence electrons.